The van der Waals surface area contributed by atoms with Crippen molar-refractivity contribution >= 4 is 6.09 Å². The van der Waals surface area contributed by atoms with Gasteiger partial charge in [0.25, 0.3) is 0 Å². The maximum Gasteiger partial charge on any atom is 0.407 e. The van der Waals surface area contributed by atoms with Gasteiger partial charge in [0.2, 0.25) is 0 Å². The summed E-state index contributed by atoms with van der Waals surface area (Å²) in [6, 6.07) is 0. The van der Waals surface area contributed by atoms with Gasteiger partial charge in [-0.3, -0.25) is 0 Å². The lowest BCUT2D eigenvalue weighted by atomic mass is 10.1. The molecule has 0 radical (unpaired) electrons. The van der Waals surface area contributed by atoms with E-state index in [9.17, 15) is 4.79 Å². The summed E-state index contributed by atoms with van der Waals surface area (Å²) in [4.78, 5) is 15.1. The molecule has 0 aliphatic rings. The number of carbonyl (C=O) groups is 1. The second-order valence-electron chi connectivity index (χ2n) is 4.31. The third-order valence-corrected chi connectivity index (χ3v) is 1.62. The Balaban J connectivity index is 2.18. The maximum atomic E-state index is 11.2. The van der Waals surface area contributed by atoms with Crippen LogP contribution < -0.4 is 5.32 Å². The molecule has 15 heavy (non-hydrogen) atoms. The molecule has 0 aliphatic heterocycles. The van der Waals surface area contributed by atoms with Gasteiger partial charge in [-0.15, -0.1) is 0 Å². The van der Waals surface area contributed by atoms with Crippen LogP contribution >= 0.6 is 0 Å². The van der Waals surface area contributed by atoms with Crippen molar-refractivity contribution in [1.29, 1.82) is 0 Å². The minimum Gasteiger partial charge on any atom is -0.448 e. The van der Waals surface area contributed by atoms with Crippen LogP contribution in [0.25, 0.3) is 0 Å². The molecule has 84 valence electrons. The third kappa shape index (κ3) is 5.05. The molecule has 0 fully saturated rings. The van der Waals surface area contributed by atoms with Crippen LogP contribution in [0.4, 0.5) is 4.79 Å². The van der Waals surface area contributed by atoms with Gasteiger partial charge in [-0.05, 0) is 20.8 Å². The van der Waals surface area contributed by atoms with E-state index in [0.717, 1.165) is 0 Å². The molecule has 1 amide bonds. The summed E-state index contributed by atoms with van der Waals surface area (Å²) in [5.41, 5.74) is -0.258. The highest BCUT2D eigenvalue weighted by Gasteiger charge is 2.13. The Morgan fingerprint density at radius 2 is 2.27 bits per heavy atom. The van der Waals surface area contributed by atoms with Gasteiger partial charge in [0.1, 0.15) is 6.61 Å². The molecule has 0 saturated carbocycles. The number of alkyl carbamates (subject to hydrolysis) is 1. The largest absolute Gasteiger partial charge is 0.448 e. The van der Waals surface area contributed by atoms with Crippen molar-refractivity contribution in [3.63, 3.8) is 0 Å². The quantitative estimate of drug-likeness (QED) is 0.822. The number of rotatable bonds is 3. The standard InChI is InChI=1S/C10H17N3O2/c1-10(2,3)12-9(14)15-7-6-13-5-4-11-8-13/h4-5,8H,6-7H2,1-3H3,(H,12,14). The second kappa shape index (κ2) is 4.82. The van der Waals surface area contributed by atoms with Gasteiger partial charge < -0.3 is 14.6 Å². The Hall–Kier alpha value is -1.52. The zero-order chi connectivity index (χ0) is 11.3. The average Bonchev–Trinajstić information content (AvgIpc) is 2.53. The van der Waals surface area contributed by atoms with Gasteiger partial charge in [-0.1, -0.05) is 0 Å². The molecule has 5 heteroatoms. The van der Waals surface area contributed by atoms with Crippen LogP contribution in [0.15, 0.2) is 18.7 Å². The molecular formula is C10H17N3O2. The van der Waals surface area contributed by atoms with E-state index in [-0.39, 0.29) is 11.6 Å². The van der Waals surface area contributed by atoms with Gasteiger partial charge in [0, 0.05) is 17.9 Å². The van der Waals surface area contributed by atoms with E-state index in [0.29, 0.717) is 13.2 Å². The number of aromatic nitrogens is 2. The highest BCUT2D eigenvalue weighted by Crippen LogP contribution is 1.99. The molecule has 1 aromatic rings. The molecule has 5 nitrogen and oxygen atoms in total. The van der Waals surface area contributed by atoms with E-state index in [1.165, 1.54) is 0 Å². The Morgan fingerprint density at radius 3 is 2.80 bits per heavy atom. The van der Waals surface area contributed by atoms with Crippen LogP contribution in [0, 0.1) is 0 Å². The summed E-state index contributed by atoms with van der Waals surface area (Å²) in [5, 5.41) is 2.71. The minimum absolute atomic E-state index is 0.258. The Morgan fingerprint density at radius 1 is 1.53 bits per heavy atom. The number of ether oxygens (including phenoxy) is 1. The number of nitrogens with zero attached hydrogens (tertiary/aromatic N) is 2. The van der Waals surface area contributed by atoms with Crippen molar-refractivity contribution < 1.29 is 9.53 Å². The summed E-state index contributed by atoms with van der Waals surface area (Å²) in [7, 11) is 0. The Labute approximate surface area is 89.4 Å². The summed E-state index contributed by atoms with van der Waals surface area (Å²) < 4.78 is 6.84. The third-order valence-electron chi connectivity index (χ3n) is 1.62. The molecule has 1 heterocycles. The fourth-order valence-electron chi connectivity index (χ4n) is 1.01. The lowest BCUT2D eigenvalue weighted by molar-refractivity contribution is 0.133. The summed E-state index contributed by atoms with van der Waals surface area (Å²) >= 11 is 0. The van der Waals surface area contributed by atoms with Crippen LogP contribution in [0.5, 0.6) is 0 Å². The highest BCUT2D eigenvalue weighted by atomic mass is 16.5. The van der Waals surface area contributed by atoms with Crippen molar-refractivity contribution in [2.45, 2.75) is 32.9 Å². The Kier molecular flexibility index (Phi) is 3.71. The topological polar surface area (TPSA) is 56.1 Å². The van der Waals surface area contributed by atoms with Gasteiger partial charge in [0.15, 0.2) is 0 Å². The summed E-state index contributed by atoms with van der Waals surface area (Å²) in [6.07, 6.45) is 4.81. The van der Waals surface area contributed by atoms with E-state index >= 15 is 0 Å². The van der Waals surface area contributed by atoms with E-state index in [1.54, 1.807) is 12.5 Å². The first-order valence-corrected chi connectivity index (χ1v) is 4.88. The first-order valence-electron chi connectivity index (χ1n) is 4.88. The number of carbonyl (C=O) groups excluding carboxylic acids is 1. The minimum atomic E-state index is -0.386. The lowest BCUT2D eigenvalue weighted by Crippen LogP contribution is -2.41. The molecule has 0 spiro atoms. The zero-order valence-corrected chi connectivity index (χ0v) is 9.36. The normalized spacial score (nSPS) is 11.1. The molecule has 0 bridgehead atoms. The molecule has 1 N–H and O–H groups in total. The van der Waals surface area contributed by atoms with E-state index in [1.807, 2.05) is 31.5 Å². The molecule has 0 aromatic carbocycles. The smallest absolute Gasteiger partial charge is 0.407 e. The van der Waals surface area contributed by atoms with Crippen LogP contribution in [0.2, 0.25) is 0 Å². The summed E-state index contributed by atoms with van der Waals surface area (Å²) in [6.45, 7) is 6.69. The van der Waals surface area contributed by atoms with E-state index in [2.05, 4.69) is 10.3 Å². The van der Waals surface area contributed by atoms with E-state index < -0.39 is 0 Å². The van der Waals surface area contributed by atoms with Crippen molar-refractivity contribution in [3.8, 4) is 0 Å². The van der Waals surface area contributed by atoms with Crippen LogP contribution in [-0.2, 0) is 11.3 Å². The fourth-order valence-corrected chi connectivity index (χ4v) is 1.01. The highest BCUT2D eigenvalue weighted by molar-refractivity contribution is 5.67. The number of hydrogen-bond donors (Lipinski definition) is 1. The molecule has 0 saturated heterocycles. The zero-order valence-electron chi connectivity index (χ0n) is 9.36. The molecular weight excluding hydrogens is 194 g/mol. The number of nitrogens with one attached hydrogen (secondary N) is 1. The predicted octanol–water partition coefficient (Wildman–Crippen LogP) is 1.41. The number of imidazole rings is 1. The van der Waals surface area contributed by atoms with Crippen molar-refractivity contribution in [2.75, 3.05) is 6.61 Å². The molecule has 0 atom stereocenters. The number of amides is 1. The Bertz CT molecular complexity index is 301. The lowest BCUT2D eigenvalue weighted by Gasteiger charge is -2.19. The molecule has 0 unspecified atom stereocenters. The summed E-state index contributed by atoms with van der Waals surface area (Å²) in [5.74, 6) is 0. The fraction of sp³-hybridized carbons (Fsp3) is 0.600. The second-order valence-corrected chi connectivity index (χ2v) is 4.31. The number of hydrogen-bond acceptors (Lipinski definition) is 3. The molecule has 1 aromatic heterocycles. The van der Waals surface area contributed by atoms with Crippen molar-refractivity contribution in [1.82, 2.24) is 14.9 Å². The van der Waals surface area contributed by atoms with Gasteiger partial charge in [0.05, 0.1) is 12.9 Å². The monoisotopic (exact) mass is 211 g/mol. The molecule has 0 aliphatic carbocycles. The van der Waals surface area contributed by atoms with Crippen LogP contribution in [-0.4, -0.2) is 27.8 Å². The van der Waals surface area contributed by atoms with Gasteiger partial charge in [-0.2, -0.15) is 0 Å². The van der Waals surface area contributed by atoms with Crippen molar-refractivity contribution in [2.24, 2.45) is 0 Å². The maximum absolute atomic E-state index is 11.2. The first-order chi connectivity index (χ1) is 6.97. The average molecular weight is 211 g/mol. The molecule has 1 rings (SSSR count). The predicted molar refractivity (Wildman–Crippen MR) is 56.5 cm³/mol. The van der Waals surface area contributed by atoms with Gasteiger partial charge in [-0.25, -0.2) is 9.78 Å². The van der Waals surface area contributed by atoms with Crippen LogP contribution in [0.3, 0.4) is 0 Å². The first kappa shape index (κ1) is 11.6. The SMILES string of the molecule is CC(C)(C)NC(=O)OCCn1ccnc1. The van der Waals surface area contributed by atoms with Gasteiger partial charge >= 0.3 is 6.09 Å². The van der Waals surface area contributed by atoms with E-state index in [4.69, 9.17) is 4.74 Å². The van der Waals surface area contributed by atoms with Crippen molar-refractivity contribution in [3.05, 3.63) is 18.7 Å². The van der Waals surface area contributed by atoms with Crippen LogP contribution in [0.1, 0.15) is 20.8 Å².